The first-order chi connectivity index (χ1) is 9.65. The summed E-state index contributed by atoms with van der Waals surface area (Å²) in [7, 11) is 4.16. The highest BCUT2D eigenvalue weighted by molar-refractivity contribution is 5.95. The van der Waals surface area contributed by atoms with Gasteiger partial charge in [-0.2, -0.15) is 0 Å². The Bertz CT molecular complexity index is 597. The van der Waals surface area contributed by atoms with E-state index in [4.69, 9.17) is 0 Å². The Balaban J connectivity index is 2.03. The van der Waals surface area contributed by atoms with E-state index in [1.165, 1.54) is 23.8 Å². The number of rotatable bonds is 4. The van der Waals surface area contributed by atoms with Gasteiger partial charge >= 0.3 is 0 Å². The molecule has 1 saturated heterocycles. The van der Waals surface area contributed by atoms with Gasteiger partial charge in [0.2, 0.25) is 0 Å². The Morgan fingerprint density at radius 2 is 2.00 bits per heavy atom. The van der Waals surface area contributed by atoms with Crippen molar-refractivity contribution in [2.45, 2.75) is 19.3 Å². The average molecular weight is 275 g/mol. The summed E-state index contributed by atoms with van der Waals surface area (Å²) in [5.41, 5.74) is 3.27. The first-order valence-electron chi connectivity index (χ1n) is 7.34. The highest BCUT2D eigenvalue weighted by Gasteiger charge is 2.18. The van der Waals surface area contributed by atoms with Crippen molar-refractivity contribution in [2.75, 3.05) is 38.6 Å². The van der Waals surface area contributed by atoms with Gasteiger partial charge in [-0.25, -0.2) is 4.39 Å². The molecule has 1 fully saturated rings. The summed E-state index contributed by atoms with van der Waals surface area (Å²) in [4.78, 5) is 7.73. The minimum Gasteiger partial charge on any atom is -0.371 e. The molecular weight excluding hydrogens is 253 g/mol. The largest absolute Gasteiger partial charge is 0.371 e. The second-order valence-corrected chi connectivity index (χ2v) is 5.91. The summed E-state index contributed by atoms with van der Waals surface area (Å²) < 4.78 is 13.8. The lowest BCUT2D eigenvalue weighted by Gasteiger charge is -2.20. The molecule has 0 bridgehead atoms. The molecule has 2 heterocycles. The number of nitrogens with one attached hydrogen (secondary N) is 1. The normalized spacial score (nSPS) is 15.7. The fourth-order valence-electron chi connectivity index (χ4n) is 3.03. The van der Waals surface area contributed by atoms with E-state index in [0.29, 0.717) is 0 Å². The number of fused-ring (bicyclic) bond motifs is 1. The van der Waals surface area contributed by atoms with Crippen molar-refractivity contribution in [3.8, 4) is 0 Å². The number of hydrogen-bond acceptors (Lipinski definition) is 2. The molecule has 1 aromatic heterocycles. The molecule has 0 radical (unpaired) electrons. The summed E-state index contributed by atoms with van der Waals surface area (Å²) in [6.45, 7) is 3.08. The van der Waals surface area contributed by atoms with E-state index in [1.807, 2.05) is 6.20 Å². The van der Waals surface area contributed by atoms with Gasteiger partial charge in [0.1, 0.15) is 5.82 Å². The number of halogens is 1. The predicted octanol–water partition coefficient (Wildman–Crippen LogP) is 3.01. The zero-order chi connectivity index (χ0) is 14.1. The second kappa shape index (κ2) is 5.44. The highest BCUT2D eigenvalue weighted by Crippen LogP contribution is 2.33. The SMILES string of the molecule is CN(C)CCc1c[nH]c2cc(F)cc(N3CCCC3)c12. The standard InChI is InChI=1S/C16H22FN3/c1-19(2)8-5-12-11-18-14-9-13(17)10-15(16(12)14)20-6-3-4-7-20/h9-11,18H,3-8H2,1-2H3. The maximum absolute atomic E-state index is 13.8. The molecule has 0 amide bonds. The van der Waals surface area contributed by atoms with Gasteiger partial charge in [0.15, 0.2) is 0 Å². The maximum atomic E-state index is 13.8. The van der Waals surface area contributed by atoms with Crippen LogP contribution in [0.1, 0.15) is 18.4 Å². The molecule has 3 nitrogen and oxygen atoms in total. The highest BCUT2D eigenvalue weighted by atomic mass is 19.1. The lowest BCUT2D eigenvalue weighted by Crippen LogP contribution is -2.19. The first kappa shape index (κ1) is 13.4. The molecule has 1 N–H and O–H groups in total. The van der Waals surface area contributed by atoms with Crippen LogP contribution in [0.25, 0.3) is 10.9 Å². The van der Waals surface area contributed by atoms with E-state index in [9.17, 15) is 4.39 Å². The molecule has 2 aromatic rings. The van der Waals surface area contributed by atoms with Crippen LogP contribution in [-0.4, -0.2) is 43.6 Å². The van der Waals surface area contributed by atoms with Crippen LogP contribution >= 0.6 is 0 Å². The van der Waals surface area contributed by atoms with Gasteiger partial charge < -0.3 is 14.8 Å². The van der Waals surface area contributed by atoms with Gasteiger partial charge in [0.05, 0.1) is 5.52 Å². The van der Waals surface area contributed by atoms with Gasteiger partial charge in [-0.1, -0.05) is 0 Å². The van der Waals surface area contributed by atoms with Crippen LogP contribution in [0, 0.1) is 5.82 Å². The lowest BCUT2D eigenvalue weighted by molar-refractivity contribution is 0.414. The monoisotopic (exact) mass is 275 g/mol. The first-order valence-corrected chi connectivity index (χ1v) is 7.34. The molecule has 0 saturated carbocycles. The molecule has 0 spiro atoms. The molecule has 20 heavy (non-hydrogen) atoms. The summed E-state index contributed by atoms with van der Waals surface area (Å²) in [5, 5.41) is 1.20. The number of aromatic nitrogens is 1. The van der Waals surface area contributed by atoms with Crippen molar-refractivity contribution in [1.82, 2.24) is 9.88 Å². The van der Waals surface area contributed by atoms with Gasteiger partial charge in [-0.15, -0.1) is 0 Å². The van der Waals surface area contributed by atoms with Gasteiger partial charge in [0.25, 0.3) is 0 Å². The molecule has 0 unspecified atom stereocenters. The Kier molecular flexibility index (Phi) is 3.66. The molecule has 108 valence electrons. The predicted molar refractivity (Wildman–Crippen MR) is 82.0 cm³/mol. The Morgan fingerprint density at radius 3 is 2.70 bits per heavy atom. The average Bonchev–Trinajstić information content (AvgIpc) is 3.04. The number of hydrogen-bond donors (Lipinski definition) is 1. The molecule has 4 heteroatoms. The van der Waals surface area contributed by atoms with Crippen LogP contribution in [0.4, 0.5) is 10.1 Å². The zero-order valence-electron chi connectivity index (χ0n) is 12.2. The Labute approximate surface area is 119 Å². The molecule has 3 rings (SSSR count). The number of anilines is 1. The fraction of sp³-hybridized carbons (Fsp3) is 0.500. The van der Waals surface area contributed by atoms with Crippen molar-refractivity contribution < 1.29 is 4.39 Å². The lowest BCUT2D eigenvalue weighted by atomic mass is 10.1. The van der Waals surface area contributed by atoms with E-state index >= 15 is 0 Å². The van der Waals surface area contributed by atoms with Crippen LogP contribution in [0.3, 0.4) is 0 Å². The molecule has 0 atom stereocenters. The van der Waals surface area contributed by atoms with Crippen molar-refractivity contribution >= 4 is 16.6 Å². The van der Waals surface area contributed by atoms with Crippen molar-refractivity contribution in [1.29, 1.82) is 0 Å². The third-order valence-electron chi connectivity index (χ3n) is 4.08. The van der Waals surface area contributed by atoms with E-state index in [-0.39, 0.29) is 5.82 Å². The van der Waals surface area contributed by atoms with Crippen LogP contribution in [-0.2, 0) is 6.42 Å². The fourth-order valence-corrected chi connectivity index (χ4v) is 3.03. The minimum atomic E-state index is -0.152. The third-order valence-corrected chi connectivity index (χ3v) is 4.08. The number of nitrogens with zero attached hydrogens (tertiary/aromatic N) is 2. The summed E-state index contributed by atoms with van der Waals surface area (Å²) >= 11 is 0. The minimum absolute atomic E-state index is 0.152. The van der Waals surface area contributed by atoms with Crippen molar-refractivity contribution in [3.05, 3.63) is 29.7 Å². The Hall–Kier alpha value is -1.55. The van der Waals surface area contributed by atoms with E-state index in [2.05, 4.69) is 28.9 Å². The molecule has 1 aliphatic rings. The molecular formula is C16H22FN3. The van der Waals surface area contributed by atoms with Crippen LogP contribution < -0.4 is 4.90 Å². The summed E-state index contributed by atoms with van der Waals surface area (Å²) in [5.74, 6) is -0.152. The van der Waals surface area contributed by atoms with Crippen LogP contribution in [0.2, 0.25) is 0 Å². The van der Waals surface area contributed by atoms with Gasteiger partial charge in [0, 0.05) is 36.9 Å². The van der Waals surface area contributed by atoms with Crippen molar-refractivity contribution in [2.24, 2.45) is 0 Å². The van der Waals surface area contributed by atoms with E-state index < -0.39 is 0 Å². The van der Waals surface area contributed by atoms with Crippen LogP contribution in [0.5, 0.6) is 0 Å². The van der Waals surface area contributed by atoms with Crippen molar-refractivity contribution in [3.63, 3.8) is 0 Å². The molecule has 1 aromatic carbocycles. The Morgan fingerprint density at radius 1 is 1.25 bits per heavy atom. The molecule has 0 aliphatic carbocycles. The smallest absolute Gasteiger partial charge is 0.127 e. The van der Waals surface area contributed by atoms with E-state index in [1.54, 1.807) is 12.1 Å². The maximum Gasteiger partial charge on any atom is 0.127 e. The van der Waals surface area contributed by atoms with E-state index in [0.717, 1.165) is 37.3 Å². The number of aromatic amines is 1. The van der Waals surface area contributed by atoms with Gasteiger partial charge in [-0.05, 0) is 51.1 Å². The number of likely N-dealkylation sites (N-methyl/N-ethyl adjacent to an activating group) is 1. The number of H-pyrrole nitrogens is 1. The topological polar surface area (TPSA) is 22.3 Å². The quantitative estimate of drug-likeness (QED) is 0.926. The second-order valence-electron chi connectivity index (χ2n) is 5.91. The van der Waals surface area contributed by atoms with Gasteiger partial charge in [-0.3, -0.25) is 0 Å². The summed E-state index contributed by atoms with van der Waals surface area (Å²) in [6, 6.07) is 3.30. The van der Waals surface area contributed by atoms with Crippen LogP contribution in [0.15, 0.2) is 18.3 Å². The number of benzene rings is 1. The summed E-state index contributed by atoms with van der Waals surface area (Å²) in [6.07, 6.45) is 5.43. The third kappa shape index (κ3) is 2.52. The zero-order valence-corrected chi connectivity index (χ0v) is 12.2. The molecule has 1 aliphatic heterocycles.